The molecule has 2 rings (SSSR count). The molecule has 0 aliphatic heterocycles. The van der Waals surface area contributed by atoms with Crippen molar-refractivity contribution in [3.63, 3.8) is 0 Å². The first-order chi connectivity index (χ1) is 9.77. The van der Waals surface area contributed by atoms with E-state index in [1.165, 1.54) is 12.1 Å². The lowest BCUT2D eigenvalue weighted by atomic mass is 10.2. The summed E-state index contributed by atoms with van der Waals surface area (Å²) in [4.78, 5) is 4.17. The van der Waals surface area contributed by atoms with Crippen LogP contribution in [0.25, 0.3) is 0 Å². The van der Waals surface area contributed by atoms with Crippen molar-refractivity contribution in [3.8, 4) is 11.6 Å². The van der Waals surface area contributed by atoms with Crippen LogP contribution in [0.15, 0.2) is 36.4 Å². The average Bonchev–Trinajstić information content (AvgIpc) is 2.37. The van der Waals surface area contributed by atoms with E-state index >= 15 is 0 Å². The number of nitrogens with two attached hydrogens (primary N) is 1. The quantitative estimate of drug-likeness (QED) is 0.875. The molecule has 0 fully saturated rings. The summed E-state index contributed by atoms with van der Waals surface area (Å²) in [5.74, 6) is 0.0993. The Morgan fingerprint density at radius 3 is 2.57 bits per heavy atom. The molecule has 1 heterocycles. The van der Waals surface area contributed by atoms with Gasteiger partial charge >= 0.3 is 6.18 Å². The molecule has 1 aromatic heterocycles. The second kappa shape index (κ2) is 5.69. The summed E-state index contributed by atoms with van der Waals surface area (Å²) in [7, 11) is 0. The third-order valence-corrected chi connectivity index (χ3v) is 2.86. The number of pyridine rings is 1. The summed E-state index contributed by atoms with van der Waals surface area (Å²) in [5, 5.41) is 0. The molecular weight excluding hydrogens is 301 g/mol. The Kier molecular flexibility index (Phi) is 4.13. The molecular formula is C14H11F3N2OS. The fourth-order valence-electron chi connectivity index (χ4n) is 1.65. The first kappa shape index (κ1) is 15.2. The number of rotatable bonds is 3. The number of aromatic nitrogens is 1. The molecule has 0 unspecified atom stereocenters. The Balaban J connectivity index is 2.39. The molecule has 0 atom stereocenters. The molecule has 0 spiro atoms. The van der Waals surface area contributed by atoms with E-state index in [-0.39, 0.29) is 16.6 Å². The fourth-order valence-corrected chi connectivity index (χ4v) is 1.80. The summed E-state index contributed by atoms with van der Waals surface area (Å²) in [6.45, 7) is 1.72. The SMILES string of the molecule is Cc1ccc(C(N)=S)c(Oc2cccc(C(F)(F)F)c2)n1. The van der Waals surface area contributed by atoms with Crippen molar-refractivity contribution in [2.45, 2.75) is 13.1 Å². The highest BCUT2D eigenvalue weighted by Gasteiger charge is 2.30. The molecule has 1 aromatic carbocycles. The van der Waals surface area contributed by atoms with Crippen molar-refractivity contribution in [2.24, 2.45) is 5.73 Å². The molecule has 2 aromatic rings. The van der Waals surface area contributed by atoms with Crippen molar-refractivity contribution in [1.29, 1.82) is 0 Å². The van der Waals surface area contributed by atoms with E-state index in [0.29, 0.717) is 11.3 Å². The lowest BCUT2D eigenvalue weighted by molar-refractivity contribution is -0.137. The largest absolute Gasteiger partial charge is 0.438 e. The standard InChI is InChI=1S/C14H11F3N2OS/c1-8-5-6-11(12(18)21)13(19-8)20-10-4-2-3-9(7-10)14(15,16)17/h2-7H,1H3,(H2,18,21). The van der Waals surface area contributed by atoms with Gasteiger partial charge in [0.15, 0.2) is 0 Å². The maximum atomic E-state index is 12.7. The highest BCUT2D eigenvalue weighted by Crippen LogP contribution is 2.33. The molecule has 110 valence electrons. The zero-order valence-corrected chi connectivity index (χ0v) is 11.8. The predicted molar refractivity (Wildman–Crippen MR) is 76.4 cm³/mol. The van der Waals surface area contributed by atoms with Gasteiger partial charge in [0.05, 0.1) is 11.1 Å². The number of thiocarbonyl (C=S) groups is 1. The Labute approximate surface area is 124 Å². The lowest BCUT2D eigenvalue weighted by Gasteiger charge is -2.12. The smallest absolute Gasteiger partial charge is 0.416 e. The molecule has 3 nitrogen and oxygen atoms in total. The molecule has 2 N–H and O–H groups in total. The van der Waals surface area contributed by atoms with Crippen molar-refractivity contribution < 1.29 is 17.9 Å². The molecule has 0 saturated carbocycles. The Hall–Kier alpha value is -2.15. The van der Waals surface area contributed by atoms with Gasteiger partial charge in [0, 0.05) is 5.69 Å². The van der Waals surface area contributed by atoms with Crippen molar-refractivity contribution in [3.05, 3.63) is 53.2 Å². The number of hydrogen-bond acceptors (Lipinski definition) is 3. The van der Waals surface area contributed by atoms with Crippen LogP contribution < -0.4 is 10.5 Å². The van der Waals surface area contributed by atoms with Crippen LogP contribution >= 0.6 is 12.2 Å². The minimum Gasteiger partial charge on any atom is -0.438 e. The monoisotopic (exact) mass is 312 g/mol. The summed E-state index contributed by atoms with van der Waals surface area (Å²) < 4.78 is 43.4. The van der Waals surface area contributed by atoms with Gasteiger partial charge in [0.25, 0.3) is 0 Å². The van der Waals surface area contributed by atoms with Crippen LogP contribution in [-0.4, -0.2) is 9.97 Å². The minimum atomic E-state index is -4.44. The number of aryl methyl sites for hydroxylation is 1. The molecule has 21 heavy (non-hydrogen) atoms. The Morgan fingerprint density at radius 2 is 1.95 bits per heavy atom. The molecule has 0 aliphatic carbocycles. The molecule has 0 saturated heterocycles. The first-order valence-corrected chi connectivity index (χ1v) is 6.31. The third-order valence-electron chi connectivity index (χ3n) is 2.64. The molecule has 0 amide bonds. The molecule has 0 radical (unpaired) electrons. The molecule has 0 bridgehead atoms. The van der Waals surface area contributed by atoms with E-state index in [1.807, 2.05) is 0 Å². The van der Waals surface area contributed by atoms with E-state index < -0.39 is 11.7 Å². The van der Waals surface area contributed by atoms with Crippen molar-refractivity contribution in [2.75, 3.05) is 0 Å². The zero-order valence-electron chi connectivity index (χ0n) is 10.9. The summed E-state index contributed by atoms with van der Waals surface area (Å²) in [5.41, 5.74) is 5.75. The highest BCUT2D eigenvalue weighted by molar-refractivity contribution is 7.80. The van der Waals surface area contributed by atoms with E-state index in [9.17, 15) is 13.2 Å². The van der Waals surface area contributed by atoms with Gasteiger partial charge in [-0.2, -0.15) is 13.2 Å². The van der Waals surface area contributed by atoms with Gasteiger partial charge in [-0.05, 0) is 37.3 Å². The number of benzene rings is 1. The summed E-state index contributed by atoms with van der Waals surface area (Å²) >= 11 is 4.87. The van der Waals surface area contributed by atoms with Crippen LogP contribution in [0, 0.1) is 6.92 Å². The Bertz CT molecular complexity index is 686. The van der Waals surface area contributed by atoms with Gasteiger partial charge < -0.3 is 10.5 Å². The lowest BCUT2D eigenvalue weighted by Crippen LogP contribution is -2.12. The van der Waals surface area contributed by atoms with Gasteiger partial charge in [0.2, 0.25) is 5.88 Å². The molecule has 7 heteroatoms. The number of ether oxygens (including phenoxy) is 1. The van der Waals surface area contributed by atoms with Crippen LogP contribution in [0.2, 0.25) is 0 Å². The number of nitrogens with zero attached hydrogens (tertiary/aromatic N) is 1. The van der Waals surface area contributed by atoms with E-state index in [0.717, 1.165) is 12.1 Å². The van der Waals surface area contributed by atoms with E-state index in [4.69, 9.17) is 22.7 Å². The highest BCUT2D eigenvalue weighted by atomic mass is 32.1. The normalized spacial score (nSPS) is 11.2. The number of halogens is 3. The second-order valence-electron chi connectivity index (χ2n) is 4.30. The van der Waals surface area contributed by atoms with Gasteiger partial charge in [0.1, 0.15) is 10.7 Å². The van der Waals surface area contributed by atoms with E-state index in [2.05, 4.69) is 4.98 Å². The number of hydrogen-bond donors (Lipinski definition) is 1. The van der Waals surface area contributed by atoms with Crippen LogP contribution in [0.1, 0.15) is 16.8 Å². The maximum Gasteiger partial charge on any atom is 0.416 e. The van der Waals surface area contributed by atoms with Crippen molar-refractivity contribution in [1.82, 2.24) is 4.98 Å². The van der Waals surface area contributed by atoms with Crippen LogP contribution in [-0.2, 0) is 6.18 Å². The fraction of sp³-hybridized carbons (Fsp3) is 0.143. The average molecular weight is 312 g/mol. The summed E-state index contributed by atoms with van der Waals surface area (Å²) in [6.07, 6.45) is -4.44. The Morgan fingerprint density at radius 1 is 1.24 bits per heavy atom. The van der Waals surface area contributed by atoms with E-state index in [1.54, 1.807) is 19.1 Å². The predicted octanol–water partition coefficient (Wildman–Crippen LogP) is 3.84. The third kappa shape index (κ3) is 3.69. The minimum absolute atomic E-state index is 0.0143. The summed E-state index contributed by atoms with van der Waals surface area (Å²) in [6, 6.07) is 7.83. The van der Waals surface area contributed by atoms with Crippen LogP contribution in [0.4, 0.5) is 13.2 Å². The maximum absolute atomic E-state index is 12.7. The van der Waals surface area contributed by atoms with Crippen LogP contribution in [0.5, 0.6) is 11.6 Å². The van der Waals surface area contributed by atoms with Crippen molar-refractivity contribution >= 4 is 17.2 Å². The first-order valence-electron chi connectivity index (χ1n) is 5.90. The van der Waals surface area contributed by atoms with Gasteiger partial charge in [-0.25, -0.2) is 4.98 Å². The second-order valence-corrected chi connectivity index (χ2v) is 4.74. The topological polar surface area (TPSA) is 48.1 Å². The van der Waals surface area contributed by atoms with Gasteiger partial charge in [-0.1, -0.05) is 18.3 Å². The zero-order chi connectivity index (χ0) is 15.6. The van der Waals surface area contributed by atoms with Crippen LogP contribution in [0.3, 0.4) is 0 Å². The number of alkyl halides is 3. The van der Waals surface area contributed by atoms with Gasteiger partial charge in [-0.3, -0.25) is 0 Å². The molecule has 0 aliphatic rings. The van der Waals surface area contributed by atoms with Gasteiger partial charge in [-0.15, -0.1) is 0 Å².